The van der Waals surface area contributed by atoms with E-state index in [1.807, 2.05) is 38.1 Å². The second kappa shape index (κ2) is 9.29. The molecule has 1 heterocycles. The fourth-order valence-corrected chi connectivity index (χ4v) is 3.60. The fraction of sp³-hybridized carbons (Fsp3) is 0.263. The van der Waals surface area contributed by atoms with E-state index in [2.05, 4.69) is 14.9 Å². The van der Waals surface area contributed by atoms with E-state index in [1.54, 1.807) is 12.1 Å². The summed E-state index contributed by atoms with van der Waals surface area (Å²) in [6, 6.07) is 13.9. The molecule has 9 heteroatoms. The molecule has 0 saturated heterocycles. The van der Waals surface area contributed by atoms with E-state index in [-0.39, 0.29) is 23.2 Å². The summed E-state index contributed by atoms with van der Waals surface area (Å²) in [5.74, 6) is 1.02. The zero-order valence-electron chi connectivity index (χ0n) is 15.6. The first-order valence-electron chi connectivity index (χ1n) is 8.62. The van der Waals surface area contributed by atoms with Crippen molar-refractivity contribution in [1.29, 1.82) is 0 Å². The molecule has 0 atom stereocenters. The molecule has 0 spiro atoms. The van der Waals surface area contributed by atoms with Crippen LogP contribution in [0.4, 0.5) is 0 Å². The maximum absolute atomic E-state index is 12.3. The van der Waals surface area contributed by atoms with Crippen molar-refractivity contribution >= 4 is 22.4 Å². The smallest absolute Gasteiger partial charge is 0.258 e. The topological polar surface area (TPSA) is 111 Å². The number of aromatic nitrogens is 2. The molecule has 3 rings (SSSR count). The highest BCUT2D eigenvalue weighted by Crippen LogP contribution is 2.23. The van der Waals surface area contributed by atoms with E-state index >= 15 is 0 Å². The largest absolute Gasteiger partial charge is 0.334 e. The number of rotatable bonds is 7. The normalized spacial score (nSPS) is 11.4. The van der Waals surface area contributed by atoms with Crippen LogP contribution < -0.4 is 10.5 Å². The monoisotopic (exact) mass is 422 g/mol. The van der Waals surface area contributed by atoms with E-state index in [0.717, 1.165) is 11.1 Å². The first-order valence-corrected chi connectivity index (χ1v) is 10.1. The average molecular weight is 423 g/mol. The maximum atomic E-state index is 12.3. The highest BCUT2D eigenvalue weighted by molar-refractivity contribution is 7.89. The molecule has 0 amide bonds. The van der Waals surface area contributed by atoms with Crippen molar-refractivity contribution in [2.24, 2.45) is 11.7 Å². The van der Waals surface area contributed by atoms with Gasteiger partial charge in [0.1, 0.15) is 0 Å². The Bertz CT molecular complexity index is 1000. The van der Waals surface area contributed by atoms with Crippen molar-refractivity contribution in [3.05, 3.63) is 54.1 Å². The summed E-state index contributed by atoms with van der Waals surface area (Å²) in [6.45, 7) is 4.75. The number of nitrogens with zero attached hydrogens (tertiary/aromatic N) is 2. The van der Waals surface area contributed by atoms with Crippen LogP contribution in [0.5, 0.6) is 0 Å². The Hall–Kier alpha value is -2.26. The van der Waals surface area contributed by atoms with E-state index in [9.17, 15) is 8.42 Å². The zero-order chi connectivity index (χ0) is 19.4. The Morgan fingerprint density at radius 2 is 1.64 bits per heavy atom. The Morgan fingerprint density at radius 1 is 1.04 bits per heavy atom. The van der Waals surface area contributed by atoms with Crippen molar-refractivity contribution in [1.82, 2.24) is 14.9 Å². The van der Waals surface area contributed by atoms with E-state index < -0.39 is 10.0 Å². The molecule has 2 aromatic carbocycles. The molecule has 150 valence electrons. The molecule has 0 bridgehead atoms. The molecular weight excluding hydrogens is 400 g/mol. The van der Waals surface area contributed by atoms with Crippen LogP contribution in [0.15, 0.2) is 57.9 Å². The van der Waals surface area contributed by atoms with Crippen LogP contribution >= 0.6 is 12.4 Å². The van der Waals surface area contributed by atoms with Crippen LogP contribution in [0.2, 0.25) is 0 Å². The Labute approximate surface area is 170 Å². The van der Waals surface area contributed by atoms with Gasteiger partial charge in [0.15, 0.2) is 0 Å². The second-order valence-corrected chi connectivity index (χ2v) is 8.36. The third kappa shape index (κ3) is 5.17. The Balaban J connectivity index is 0.00000280. The summed E-state index contributed by atoms with van der Waals surface area (Å²) in [4.78, 5) is 4.58. The van der Waals surface area contributed by atoms with Gasteiger partial charge in [-0.25, -0.2) is 13.1 Å². The minimum atomic E-state index is -3.53. The first-order chi connectivity index (χ1) is 12.9. The molecule has 0 unspecified atom stereocenters. The summed E-state index contributed by atoms with van der Waals surface area (Å²) in [5.41, 5.74) is 8.08. The third-order valence-electron chi connectivity index (χ3n) is 3.97. The lowest BCUT2D eigenvalue weighted by molar-refractivity contribution is 0.432. The molecule has 7 nitrogen and oxygen atoms in total. The predicted molar refractivity (Wildman–Crippen MR) is 110 cm³/mol. The number of halogens is 1. The fourth-order valence-electron chi connectivity index (χ4n) is 2.38. The van der Waals surface area contributed by atoms with E-state index in [0.29, 0.717) is 30.4 Å². The van der Waals surface area contributed by atoms with Gasteiger partial charge >= 0.3 is 0 Å². The molecule has 3 N–H and O–H groups in total. The van der Waals surface area contributed by atoms with Crippen LogP contribution in [0.25, 0.3) is 22.8 Å². The van der Waals surface area contributed by atoms with Gasteiger partial charge in [-0.15, -0.1) is 12.4 Å². The molecule has 0 fully saturated rings. The van der Waals surface area contributed by atoms with Gasteiger partial charge in [-0.1, -0.05) is 43.3 Å². The number of nitrogens with one attached hydrogen (secondary N) is 1. The van der Waals surface area contributed by atoms with Crippen LogP contribution in [0.1, 0.15) is 19.4 Å². The molecule has 0 saturated carbocycles. The minimum absolute atomic E-state index is 0. The van der Waals surface area contributed by atoms with Gasteiger partial charge in [0.2, 0.25) is 15.8 Å². The summed E-state index contributed by atoms with van der Waals surface area (Å²) in [6.07, 6.45) is 0. The van der Waals surface area contributed by atoms with Gasteiger partial charge in [0.25, 0.3) is 5.89 Å². The standard InChI is InChI=1S/C19H22N4O3S.ClH/c1-13(2)12-21-27(24,25)17-9-7-16(8-10-17)19-22-18(23-26-19)15-5-3-14(11-20)4-6-15;/h3-10,13,21H,11-12,20H2,1-2H3;1H. The van der Waals surface area contributed by atoms with Crippen molar-refractivity contribution in [3.8, 4) is 22.8 Å². The first kappa shape index (κ1) is 22.0. The highest BCUT2D eigenvalue weighted by Gasteiger charge is 2.16. The van der Waals surface area contributed by atoms with Gasteiger partial charge < -0.3 is 10.3 Å². The minimum Gasteiger partial charge on any atom is -0.334 e. The van der Waals surface area contributed by atoms with Crippen LogP contribution in [0.3, 0.4) is 0 Å². The van der Waals surface area contributed by atoms with E-state index in [4.69, 9.17) is 10.3 Å². The molecule has 0 radical (unpaired) electrons. The third-order valence-corrected chi connectivity index (χ3v) is 5.41. The van der Waals surface area contributed by atoms with Crippen LogP contribution in [-0.4, -0.2) is 25.1 Å². The SMILES string of the molecule is CC(C)CNS(=O)(=O)c1ccc(-c2nc(-c3ccc(CN)cc3)no2)cc1.Cl. The zero-order valence-corrected chi connectivity index (χ0v) is 17.3. The Morgan fingerprint density at radius 3 is 2.21 bits per heavy atom. The van der Waals surface area contributed by atoms with E-state index in [1.165, 1.54) is 12.1 Å². The van der Waals surface area contributed by atoms with Crippen molar-refractivity contribution < 1.29 is 12.9 Å². The number of benzene rings is 2. The summed E-state index contributed by atoms with van der Waals surface area (Å²) < 4.78 is 32.4. The summed E-state index contributed by atoms with van der Waals surface area (Å²) >= 11 is 0. The molecular formula is C19H23ClN4O3S. The highest BCUT2D eigenvalue weighted by atomic mass is 35.5. The Kier molecular flexibility index (Phi) is 7.31. The van der Waals surface area contributed by atoms with Gasteiger partial charge in [-0.3, -0.25) is 0 Å². The predicted octanol–water partition coefficient (Wildman–Crippen LogP) is 3.22. The molecule has 28 heavy (non-hydrogen) atoms. The number of sulfonamides is 1. The van der Waals surface area contributed by atoms with Crippen molar-refractivity contribution in [3.63, 3.8) is 0 Å². The second-order valence-electron chi connectivity index (χ2n) is 6.59. The van der Waals surface area contributed by atoms with Crippen LogP contribution in [0, 0.1) is 5.92 Å². The lowest BCUT2D eigenvalue weighted by atomic mass is 10.1. The average Bonchev–Trinajstić information content (AvgIpc) is 3.17. The molecule has 0 aliphatic carbocycles. The van der Waals surface area contributed by atoms with Crippen molar-refractivity contribution in [2.45, 2.75) is 25.3 Å². The van der Waals surface area contributed by atoms with Crippen molar-refractivity contribution in [2.75, 3.05) is 6.54 Å². The number of nitrogens with two attached hydrogens (primary N) is 1. The molecule has 3 aromatic rings. The lowest BCUT2D eigenvalue weighted by Crippen LogP contribution is -2.27. The molecule has 1 aromatic heterocycles. The maximum Gasteiger partial charge on any atom is 0.258 e. The van der Waals surface area contributed by atoms with Gasteiger partial charge in [-0.05, 0) is 35.7 Å². The molecule has 0 aliphatic heterocycles. The summed E-state index contributed by atoms with van der Waals surface area (Å²) in [7, 11) is -3.53. The quantitative estimate of drug-likeness (QED) is 0.604. The van der Waals surface area contributed by atoms with Gasteiger partial charge in [0.05, 0.1) is 4.90 Å². The van der Waals surface area contributed by atoms with Crippen LogP contribution in [-0.2, 0) is 16.6 Å². The number of hydrogen-bond acceptors (Lipinski definition) is 6. The summed E-state index contributed by atoms with van der Waals surface area (Å²) in [5, 5.41) is 3.99. The van der Waals surface area contributed by atoms with Gasteiger partial charge in [0, 0.05) is 24.2 Å². The van der Waals surface area contributed by atoms with Gasteiger partial charge in [-0.2, -0.15) is 4.98 Å². The lowest BCUT2D eigenvalue weighted by Gasteiger charge is -2.08. The number of hydrogen-bond donors (Lipinski definition) is 2. The molecule has 0 aliphatic rings.